The first-order valence-corrected chi connectivity index (χ1v) is 3.77. The van der Waals surface area contributed by atoms with E-state index in [1.54, 1.807) is 6.08 Å². The summed E-state index contributed by atoms with van der Waals surface area (Å²) in [5.41, 5.74) is 0.573. The molecule has 68 valence electrons. The van der Waals surface area contributed by atoms with E-state index in [4.69, 9.17) is 5.11 Å². The van der Waals surface area contributed by atoms with Crippen LogP contribution in [0.1, 0.15) is 15.9 Å². The van der Waals surface area contributed by atoms with E-state index in [2.05, 4.69) is 6.58 Å². The molecule has 0 heterocycles. The second-order valence-electron chi connectivity index (χ2n) is 2.60. The van der Waals surface area contributed by atoms with Gasteiger partial charge in [0.05, 0.1) is 5.56 Å². The summed E-state index contributed by atoms with van der Waals surface area (Å²) in [7, 11) is 0. The zero-order valence-corrected chi connectivity index (χ0v) is 6.96. The minimum Gasteiger partial charge on any atom is -0.478 e. The first-order chi connectivity index (χ1) is 6.15. The molecule has 1 rings (SSSR count). The molecule has 0 saturated heterocycles. The van der Waals surface area contributed by atoms with E-state index < -0.39 is 11.8 Å². The third-order valence-corrected chi connectivity index (χ3v) is 1.66. The Morgan fingerprint density at radius 2 is 2.31 bits per heavy atom. The molecular formula is C10H9FO2. The van der Waals surface area contributed by atoms with Gasteiger partial charge in [-0.1, -0.05) is 6.08 Å². The molecule has 0 aliphatic heterocycles. The van der Waals surface area contributed by atoms with Crippen molar-refractivity contribution in [2.24, 2.45) is 0 Å². The molecule has 0 fully saturated rings. The van der Waals surface area contributed by atoms with Gasteiger partial charge in [-0.15, -0.1) is 6.58 Å². The highest BCUT2D eigenvalue weighted by atomic mass is 19.1. The van der Waals surface area contributed by atoms with Crippen LogP contribution in [0.4, 0.5) is 4.39 Å². The molecule has 1 aromatic carbocycles. The molecule has 1 N–H and O–H groups in total. The Bertz CT molecular complexity index is 345. The van der Waals surface area contributed by atoms with Crippen LogP contribution in [-0.2, 0) is 6.42 Å². The molecule has 13 heavy (non-hydrogen) atoms. The van der Waals surface area contributed by atoms with Gasteiger partial charge in [-0.25, -0.2) is 9.18 Å². The Morgan fingerprint density at radius 3 is 2.85 bits per heavy atom. The standard InChI is InChI=1S/C10H9FO2/c1-2-3-7-6-8(11)4-5-9(7)10(12)13/h2,4-6H,1,3H2,(H,12,13). The van der Waals surface area contributed by atoms with Crippen LogP contribution in [0.3, 0.4) is 0 Å². The van der Waals surface area contributed by atoms with Gasteiger partial charge in [0.15, 0.2) is 0 Å². The predicted molar refractivity (Wildman–Crippen MR) is 47.3 cm³/mol. The zero-order chi connectivity index (χ0) is 9.84. The van der Waals surface area contributed by atoms with E-state index in [0.717, 1.165) is 6.07 Å². The fourth-order valence-corrected chi connectivity index (χ4v) is 1.10. The van der Waals surface area contributed by atoms with Gasteiger partial charge in [0.25, 0.3) is 0 Å². The number of rotatable bonds is 3. The summed E-state index contributed by atoms with van der Waals surface area (Å²) in [6.07, 6.45) is 1.90. The number of hydrogen-bond donors (Lipinski definition) is 1. The number of carboxylic acid groups (broad SMARTS) is 1. The van der Waals surface area contributed by atoms with Crippen LogP contribution in [-0.4, -0.2) is 11.1 Å². The summed E-state index contributed by atoms with van der Waals surface area (Å²) in [4.78, 5) is 10.7. The summed E-state index contributed by atoms with van der Waals surface area (Å²) < 4.78 is 12.7. The minimum absolute atomic E-state index is 0.126. The van der Waals surface area contributed by atoms with E-state index in [-0.39, 0.29) is 5.56 Å². The largest absolute Gasteiger partial charge is 0.478 e. The highest BCUT2D eigenvalue weighted by Gasteiger charge is 2.08. The van der Waals surface area contributed by atoms with E-state index in [0.29, 0.717) is 12.0 Å². The third-order valence-electron chi connectivity index (χ3n) is 1.66. The fourth-order valence-electron chi connectivity index (χ4n) is 1.10. The van der Waals surface area contributed by atoms with Gasteiger partial charge in [-0.2, -0.15) is 0 Å². The van der Waals surface area contributed by atoms with Gasteiger partial charge in [-0.05, 0) is 30.2 Å². The molecule has 0 spiro atoms. The summed E-state index contributed by atoms with van der Waals surface area (Å²) in [5, 5.41) is 8.73. The number of allylic oxidation sites excluding steroid dienone is 1. The number of halogens is 1. The first kappa shape index (κ1) is 9.45. The van der Waals surface area contributed by atoms with Crippen molar-refractivity contribution in [3.05, 3.63) is 47.8 Å². The number of carboxylic acids is 1. The van der Waals surface area contributed by atoms with Crippen molar-refractivity contribution in [2.75, 3.05) is 0 Å². The molecular weight excluding hydrogens is 171 g/mol. The molecule has 0 amide bonds. The molecule has 0 bridgehead atoms. The van der Waals surface area contributed by atoms with Crippen molar-refractivity contribution in [2.45, 2.75) is 6.42 Å². The number of aromatic carboxylic acids is 1. The van der Waals surface area contributed by atoms with Crippen LogP contribution in [0, 0.1) is 5.82 Å². The normalized spacial score (nSPS) is 9.62. The molecule has 2 nitrogen and oxygen atoms in total. The maximum atomic E-state index is 12.7. The molecule has 0 unspecified atom stereocenters. The first-order valence-electron chi connectivity index (χ1n) is 3.77. The lowest BCUT2D eigenvalue weighted by atomic mass is 10.0. The highest BCUT2D eigenvalue weighted by Crippen LogP contribution is 2.12. The maximum Gasteiger partial charge on any atom is 0.335 e. The van der Waals surface area contributed by atoms with Gasteiger partial charge >= 0.3 is 5.97 Å². The fraction of sp³-hybridized carbons (Fsp3) is 0.100. The molecule has 3 heteroatoms. The molecule has 0 aliphatic carbocycles. The summed E-state index contributed by atoms with van der Waals surface area (Å²) in [6.45, 7) is 3.47. The van der Waals surface area contributed by atoms with Crippen molar-refractivity contribution in [3.63, 3.8) is 0 Å². The van der Waals surface area contributed by atoms with Crippen LogP contribution in [0.25, 0.3) is 0 Å². The molecule has 0 saturated carbocycles. The Kier molecular flexibility index (Phi) is 2.80. The third kappa shape index (κ3) is 2.15. The summed E-state index contributed by atoms with van der Waals surface area (Å²) in [6, 6.07) is 3.61. The van der Waals surface area contributed by atoms with Gasteiger partial charge < -0.3 is 5.11 Å². The van der Waals surface area contributed by atoms with Crippen LogP contribution in [0.5, 0.6) is 0 Å². The second-order valence-corrected chi connectivity index (χ2v) is 2.60. The highest BCUT2D eigenvalue weighted by molar-refractivity contribution is 5.89. The Morgan fingerprint density at radius 1 is 1.62 bits per heavy atom. The number of benzene rings is 1. The average Bonchev–Trinajstić information content (AvgIpc) is 2.04. The van der Waals surface area contributed by atoms with Crippen molar-refractivity contribution in [1.82, 2.24) is 0 Å². The van der Waals surface area contributed by atoms with E-state index in [9.17, 15) is 9.18 Å². The van der Waals surface area contributed by atoms with E-state index in [1.165, 1.54) is 12.1 Å². The molecule has 0 aromatic heterocycles. The van der Waals surface area contributed by atoms with Crippen molar-refractivity contribution in [1.29, 1.82) is 0 Å². The topological polar surface area (TPSA) is 37.3 Å². The average molecular weight is 180 g/mol. The van der Waals surface area contributed by atoms with Crippen molar-refractivity contribution >= 4 is 5.97 Å². The predicted octanol–water partition coefficient (Wildman–Crippen LogP) is 2.25. The van der Waals surface area contributed by atoms with Crippen LogP contribution < -0.4 is 0 Å². The van der Waals surface area contributed by atoms with Gasteiger partial charge in [0.2, 0.25) is 0 Å². The van der Waals surface area contributed by atoms with E-state index >= 15 is 0 Å². The van der Waals surface area contributed by atoms with Gasteiger partial charge in [0.1, 0.15) is 5.82 Å². The van der Waals surface area contributed by atoms with Crippen LogP contribution >= 0.6 is 0 Å². The summed E-state index contributed by atoms with van der Waals surface area (Å²) in [5.74, 6) is -1.47. The van der Waals surface area contributed by atoms with E-state index in [1.807, 2.05) is 0 Å². The lowest BCUT2D eigenvalue weighted by Gasteiger charge is -2.02. The second kappa shape index (κ2) is 3.85. The smallest absolute Gasteiger partial charge is 0.335 e. The Balaban J connectivity index is 3.17. The SMILES string of the molecule is C=CCc1cc(F)ccc1C(=O)O. The Labute approximate surface area is 75.3 Å². The number of carbonyl (C=O) groups is 1. The molecule has 1 aromatic rings. The van der Waals surface area contributed by atoms with Crippen molar-refractivity contribution < 1.29 is 14.3 Å². The van der Waals surface area contributed by atoms with Gasteiger partial charge in [0, 0.05) is 0 Å². The minimum atomic E-state index is -1.04. The lowest BCUT2D eigenvalue weighted by molar-refractivity contribution is 0.0696. The van der Waals surface area contributed by atoms with Crippen molar-refractivity contribution in [3.8, 4) is 0 Å². The molecule has 0 atom stereocenters. The quantitative estimate of drug-likeness (QED) is 0.724. The molecule has 0 aliphatic rings. The summed E-state index contributed by atoms with van der Waals surface area (Å²) >= 11 is 0. The van der Waals surface area contributed by atoms with Crippen LogP contribution in [0.2, 0.25) is 0 Å². The molecule has 0 radical (unpaired) electrons. The maximum absolute atomic E-state index is 12.7. The Hall–Kier alpha value is -1.64. The number of hydrogen-bond acceptors (Lipinski definition) is 1. The zero-order valence-electron chi connectivity index (χ0n) is 6.96. The monoisotopic (exact) mass is 180 g/mol. The van der Waals surface area contributed by atoms with Gasteiger partial charge in [-0.3, -0.25) is 0 Å². The van der Waals surface area contributed by atoms with Crippen LogP contribution in [0.15, 0.2) is 30.9 Å². The lowest BCUT2D eigenvalue weighted by Crippen LogP contribution is -2.02.